The van der Waals surface area contributed by atoms with Gasteiger partial charge in [-0.3, -0.25) is 0 Å². The van der Waals surface area contributed by atoms with Gasteiger partial charge in [-0.2, -0.15) is 0 Å². The fourth-order valence-electron chi connectivity index (χ4n) is 14.7. The SMILES string of the molecule is CC(C)(C)c1ccc(N2c3ccc(C(C)(C)C)cc3B3c4cc5c(cc4N(c4ccc6c(c4)OCCO6)c4cc(N(c6ccc7c(c6)C(C)(C)c6ccc8ccccc8c6-7)c6ccc7cc(-c8cc9ccccc9o8)ccc7c6)cc2c43)OCCO5)cc1. The summed E-state index contributed by atoms with van der Waals surface area (Å²) in [6.45, 7) is 20.3. The van der Waals surface area contributed by atoms with Crippen LogP contribution >= 0.6 is 0 Å². The van der Waals surface area contributed by atoms with Crippen molar-refractivity contribution in [1.82, 2.24) is 0 Å². The van der Waals surface area contributed by atoms with Gasteiger partial charge in [-0.05, 0) is 173 Å². The smallest absolute Gasteiger partial charge is 0.252 e. The number of nitrogens with zero attached hydrogens (tertiary/aromatic N) is 3. The molecule has 11 aromatic carbocycles. The summed E-state index contributed by atoms with van der Waals surface area (Å²) in [5.41, 5.74) is 22.1. The van der Waals surface area contributed by atoms with Crippen molar-refractivity contribution in [3.8, 4) is 45.4 Å². The first-order chi connectivity index (χ1) is 42.6. The molecule has 1 aromatic heterocycles. The van der Waals surface area contributed by atoms with E-state index in [2.05, 4.69) is 264 Å². The monoisotopic (exact) mass is 1150 g/mol. The molecule has 12 aromatic rings. The van der Waals surface area contributed by atoms with Crippen molar-refractivity contribution in [2.24, 2.45) is 0 Å². The zero-order valence-electron chi connectivity index (χ0n) is 50.9. The summed E-state index contributed by atoms with van der Waals surface area (Å²) >= 11 is 0. The molecule has 0 radical (unpaired) electrons. The number of rotatable bonds is 6. The Hall–Kier alpha value is -9.86. The van der Waals surface area contributed by atoms with E-state index in [1.807, 2.05) is 12.1 Å². The van der Waals surface area contributed by atoms with E-state index in [0.717, 1.165) is 107 Å². The van der Waals surface area contributed by atoms with Crippen LogP contribution in [0.25, 0.3) is 55.0 Å². The first-order valence-electron chi connectivity index (χ1n) is 31.0. The topological polar surface area (TPSA) is 59.8 Å². The molecule has 5 aliphatic rings. The minimum atomic E-state index is -0.294. The van der Waals surface area contributed by atoms with Gasteiger partial charge in [0.25, 0.3) is 6.71 Å². The highest BCUT2D eigenvalue weighted by atomic mass is 16.6. The number of furan rings is 1. The molecule has 430 valence electrons. The molecule has 0 saturated heterocycles. The van der Waals surface area contributed by atoms with Crippen LogP contribution in [0.3, 0.4) is 0 Å². The van der Waals surface area contributed by atoms with Gasteiger partial charge in [0.1, 0.15) is 37.8 Å². The predicted molar refractivity (Wildman–Crippen MR) is 362 cm³/mol. The van der Waals surface area contributed by atoms with Crippen LogP contribution in [0.1, 0.15) is 77.6 Å². The lowest BCUT2D eigenvalue weighted by molar-refractivity contribution is 0.171. The predicted octanol–water partition coefficient (Wildman–Crippen LogP) is 18.4. The number of fused-ring (bicyclic) bond motifs is 13. The van der Waals surface area contributed by atoms with E-state index in [1.165, 1.54) is 55.1 Å². The van der Waals surface area contributed by atoms with E-state index < -0.39 is 0 Å². The van der Waals surface area contributed by atoms with Crippen molar-refractivity contribution in [2.75, 3.05) is 41.1 Å². The summed E-state index contributed by atoms with van der Waals surface area (Å²) in [6, 6.07) is 76.9. The quantitative estimate of drug-likeness (QED) is 0.153. The Morgan fingerprint density at radius 2 is 1.05 bits per heavy atom. The molecule has 9 heteroatoms. The molecule has 0 bridgehead atoms. The molecule has 5 heterocycles. The molecule has 8 nitrogen and oxygen atoms in total. The number of benzene rings is 11. The van der Waals surface area contributed by atoms with Crippen LogP contribution in [-0.2, 0) is 16.2 Å². The van der Waals surface area contributed by atoms with Crippen LogP contribution in [0.4, 0.5) is 51.2 Å². The van der Waals surface area contributed by atoms with E-state index >= 15 is 0 Å². The number of hydrogen-bond donors (Lipinski definition) is 0. The molecule has 0 atom stereocenters. The van der Waals surface area contributed by atoms with E-state index in [0.29, 0.717) is 32.2 Å². The van der Waals surface area contributed by atoms with E-state index in [9.17, 15) is 0 Å². The second kappa shape index (κ2) is 19.1. The Morgan fingerprint density at radius 3 is 1.81 bits per heavy atom. The van der Waals surface area contributed by atoms with E-state index in [-0.39, 0.29) is 23.0 Å². The van der Waals surface area contributed by atoms with Crippen LogP contribution in [0.5, 0.6) is 23.0 Å². The number of ether oxygens (including phenoxy) is 4. The molecule has 1 aliphatic carbocycles. The van der Waals surface area contributed by atoms with Gasteiger partial charge in [-0.15, -0.1) is 0 Å². The average Bonchev–Trinajstić information content (AvgIpc) is 0.784. The highest BCUT2D eigenvalue weighted by Gasteiger charge is 2.46. The Bertz CT molecular complexity index is 4880. The Balaban J connectivity index is 0.956. The lowest BCUT2D eigenvalue weighted by atomic mass is 9.33. The molecule has 0 N–H and O–H groups in total. The van der Waals surface area contributed by atoms with Crippen molar-refractivity contribution in [3.63, 3.8) is 0 Å². The van der Waals surface area contributed by atoms with Crippen LogP contribution in [-0.4, -0.2) is 33.1 Å². The van der Waals surface area contributed by atoms with Crippen molar-refractivity contribution in [3.05, 3.63) is 229 Å². The minimum absolute atomic E-state index is 0.0445. The summed E-state index contributed by atoms with van der Waals surface area (Å²) in [4.78, 5) is 7.47. The normalized spacial score (nSPS) is 15.0. The summed E-state index contributed by atoms with van der Waals surface area (Å²) in [5.74, 6) is 3.78. The molecule has 0 spiro atoms. The summed E-state index contributed by atoms with van der Waals surface area (Å²) in [7, 11) is 0. The standard InChI is InChI=1S/C79H66BN3O5/c1-77(2,3)52-21-25-54(26-22-52)82-65-31-23-53(78(4,5)6)40-63(65)80-64-45-73-74(87-36-35-86-73)46-66(64)83(57-28-32-70-72(44-57)85-34-33-84-70)68-43-58(42-67(82)76(68)80)81(55-24-19-48-37-51(18-17-49(48)38-55)71-39-50-14-10-12-16-69(50)88-71)56-27-29-60-62(41-56)79(7,8)61-30-20-47-13-9-11-15-59(47)75(60)61/h9-32,37-46H,33-36H2,1-8H3. The fraction of sp³-hybridized carbons (Fsp3) is 0.190. The van der Waals surface area contributed by atoms with Crippen molar-refractivity contribution < 1.29 is 23.4 Å². The van der Waals surface area contributed by atoms with Gasteiger partial charge in [0.2, 0.25) is 0 Å². The average molecular weight is 1150 g/mol. The van der Waals surface area contributed by atoms with Gasteiger partial charge < -0.3 is 38.1 Å². The van der Waals surface area contributed by atoms with Crippen molar-refractivity contribution >= 4 is 107 Å². The molecule has 0 fully saturated rings. The Morgan fingerprint density at radius 1 is 0.432 bits per heavy atom. The van der Waals surface area contributed by atoms with E-state index in [1.54, 1.807) is 0 Å². The fourth-order valence-corrected chi connectivity index (χ4v) is 14.7. The van der Waals surface area contributed by atoms with Gasteiger partial charge in [-0.25, -0.2) is 0 Å². The summed E-state index contributed by atoms with van der Waals surface area (Å²) in [6.07, 6.45) is 0. The van der Waals surface area contributed by atoms with Crippen LogP contribution in [0, 0.1) is 0 Å². The highest BCUT2D eigenvalue weighted by molar-refractivity contribution is 7.00. The lowest BCUT2D eigenvalue weighted by Crippen LogP contribution is -2.61. The lowest BCUT2D eigenvalue weighted by Gasteiger charge is -2.45. The van der Waals surface area contributed by atoms with Crippen molar-refractivity contribution in [1.29, 1.82) is 0 Å². The zero-order valence-corrected chi connectivity index (χ0v) is 50.9. The third-order valence-electron chi connectivity index (χ3n) is 19.2. The number of anilines is 9. The second-order valence-electron chi connectivity index (χ2n) is 27.0. The van der Waals surface area contributed by atoms with Gasteiger partial charge >= 0.3 is 0 Å². The second-order valence-corrected chi connectivity index (χ2v) is 27.0. The number of para-hydroxylation sites is 1. The van der Waals surface area contributed by atoms with Crippen LogP contribution in [0.2, 0.25) is 0 Å². The molecule has 0 saturated carbocycles. The van der Waals surface area contributed by atoms with Crippen LogP contribution < -0.4 is 50.0 Å². The first-order valence-corrected chi connectivity index (χ1v) is 31.0. The highest BCUT2D eigenvalue weighted by Crippen LogP contribution is 2.55. The molecule has 88 heavy (non-hydrogen) atoms. The zero-order chi connectivity index (χ0) is 59.5. The maximum absolute atomic E-state index is 6.54. The van der Waals surface area contributed by atoms with Gasteiger partial charge in [0.05, 0.1) is 11.4 Å². The maximum Gasteiger partial charge on any atom is 0.252 e. The molecule has 4 aliphatic heterocycles. The molecule has 0 unspecified atom stereocenters. The molecule has 0 amide bonds. The molecule has 17 rings (SSSR count). The van der Waals surface area contributed by atoms with Gasteiger partial charge in [-0.1, -0.05) is 159 Å². The Kier molecular flexibility index (Phi) is 11.4. The minimum Gasteiger partial charge on any atom is -0.486 e. The molecular formula is C79H66BN3O5. The maximum atomic E-state index is 6.54. The van der Waals surface area contributed by atoms with Gasteiger partial charge in [0, 0.05) is 68.3 Å². The Labute approximate surface area is 514 Å². The van der Waals surface area contributed by atoms with Gasteiger partial charge in [0.15, 0.2) is 23.0 Å². The van der Waals surface area contributed by atoms with Crippen LogP contribution in [0.15, 0.2) is 211 Å². The third-order valence-corrected chi connectivity index (χ3v) is 19.2. The number of hydrogen-bond acceptors (Lipinski definition) is 8. The largest absolute Gasteiger partial charge is 0.486 e. The summed E-state index contributed by atoms with van der Waals surface area (Å²) in [5, 5.41) is 5.84. The van der Waals surface area contributed by atoms with Crippen molar-refractivity contribution in [2.45, 2.75) is 71.6 Å². The van der Waals surface area contributed by atoms with E-state index in [4.69, 9.17) is 23.4 Å². The molecular weight excluding hydrogens is 1080 g/mol. The first kappa shape index (κ1) is 52.5. The third kappa shape index (κ3) is 8.12. The summed E-state index contributed by atoms with van der Waals surface area (Å²) < 4.78 is 32.2.